The molecule has 0 unspecified atom stereocenters. The predicted octanol–water partition coefficient (Wildman–Crippen LogP) is 3.68. The number of fused-ring (bicyclic) bond motifs is 1. The van der Waals surface area contributed by atoms with Crippen molar-refractivity contribution in [1.29, 1.82) is 0 Å². The first-order valence-electron chi connectivity index (χ1n) is 7.84. The molecule has 0 aliphatic heterocycles. The third-order valence-corrected chi connectivity index (χ3v) is 5.26. The molecule has 0 aliphatic rings. The Morgan fingerprint density at radius 1 is 1.13 bits per heavy atom. The number of thiophene rings is 1. The molecule has 120 valence electrons. The Balaban J connectivity index is 2.24. The van der Waals surface area contributed by atoms with E-state index in [0.29, 0.717) is 18.2 Å². The summed E-state index contributed by atoms with van der Waals surface area (Å²) in [5, 5.41) is 18.7. The van der Waals surface area contributed by atoms with Crippen molar-refractivity contribution in [1.82, 2.24) is 9.78 Å². The van der Waals surface area contributed by atoms with Gasteiger partial charge >= 0.3 is 0 Å². The van der Waals surface area contributed by atoms with E-state index in [1.54, 1.807) is 11.3 Å². The van der Waals surface area contributed by atoms with Crippen molar-refractivity contribution in [3.63, 3.8) is 0 Å². The van der Waals surface area contributed by atoms with Crippen LogP contribution < -0.4 is 5.56 Å². The monoisotopic (exact) mass is 328 g/mol. The van der Waals surface area contributed by atoms with Crippen LogP contribution in [-0.4, -0.2) is 20.5 Å². The van der Waals surface area contributed by atoms with Crippen molar-refractivity contribution in [2.45, 2.75) is 38.8 Å². The standard InChI is InChI=1S/C18H20N2O2S/c1-3-18(22,4-2)12-20-17(21)14-9-6-5-8-13(14)16(19-20)15-10-7-11-23-15/h5-11,22H,3-4,12H2,1-2H3. The fraction of sp³-hybridized carbons (Fsp3) is 0.333. The van der Waals surface area contributed by atoms with E-state index in [1.165, 1.54) is 4.68 Å². The van der Waals surface area contributed by atoms with Gasteiger partial charge in [-0.05, 0) is 30.4 Å². The largest absolute Gasteiger partial charge is 0.388 e. The topological polar surface area (TPSA) is 55.1 Å². The van der Waals surface area contributed by atoms with Gasteiger partial charge in [0.15, 0.2) is 0 Å². The zero-order chi connectivity index (χ0) is 16.4. The van der Waals surface area contributed by atoms with Gasteiger partial charge < -0.3 is 5.11 Å². The van der Waals surface area contributed by atoms with E-state index in [2.05, 4.69) is 5.10 Å². The number of aliphatic hydroxyl groups is 1. The second-order valence-corrected chi connectivity index (χ2v) is 6.71. The van der Waals surface area contributed by atoms with Crippen LogP contribution in [0.3, 0.4) is 0 Å². The van der Waals surface area contributed by atoms with Crippen molar-refractivity contribution in [2.75, 3.05) is 0 Å². The third kappa shape index (κ3) is 2.94. The highest BCUT2D eigenvalue weighted by molar-refractivity contribution is 7.13. The number of benzene rings is 1. The molecule has 23 heavy (non-hydrogen) atoms. The molecule has 0 atom stereocenters. The summed E-state index contributed by atoms with van der Waals surface area (Å²) in [7, 11) is 0. The minimum Gasteiger partial charge on any atom is -0.388 e. The number of hydrogen-bond acceptors (Lipinski definition) is 4. The number of rotatable bonds is 5. The predicted molar refractivity (Wildman–Crippen MR) is 94.8 cm³/mol. The molecule has 0 amide bonds. The fourth-order valence-electron chi connectivity index (χ4n) is 2.69. The molecule has 4 nitrogen and oxygen atoms in total. The van der Waals surface area contributed by atoms with Crippen LogP contribution in [0, 0.1) is 0 Å². The Hall–Kier alpha value is -1.98. The molecule has 0 saturated carbocycles. The maximum absolute atomic E-state index is 12.8. The van der Waals surface area contributed by atoms with Crippen LogP contribution in [0.4, 0.5) is 0 Å². The zero-order valence-corrected chi connectivity index (χ0v) is 14.1. The molecule has 3 rings (SSSR count). The Kier molecular flexibility index (Phi) is 4.33. The zero-order valence-electron chi connectivity index (χ0n) is 13.3. The summed E-state index contributed by atoms with van der Waals surface area (Å²) in [5.41, 5.74) is -0.266. The highest BCUT2D eigenvalue weighted by Gasteiger charge is 2.25. The molecule has 1 N–H and O–H groups in total. The van der Waals surface area contributed by atoms with E-state index in [0.717, 1.165) is 16.0 Å². The quantitative estimate of drug-likeness (QED) is 0.777. The first-order chi connectivity index (χ1) is 11.1. The number of hydrogen-bond donors (Lipinski definition) is 1. The molecule has 5 heteroatoms. The van der Waals surface area contributed by atoms with Crippen LogP contribution in [0.25, 0.3) is 21.3 Å². The van der Waals surface area contributed by atoms with Crippen LogP contribution in [0.15, 0.2) is 46.6 Å². The molecule has 2 aromatic heterocycles. The van der Waals surface area contributed by atoms with Crippen LogP contribution in [0.2, 0.25) is 0 Å². The minimum absolute atomic E-state index is 0.152. The van der Waals surface area contributed by atoms with Gasteiger partial charge in [-0.2, -0.15) is 5.10 Å². The van der Waals surface area contributed by atoms with E-state index in [4.69, 9.17) is 0 Å². The Morgan fingerprint density at radius 3 is 2.43 bits per heavy atom. The number of nitrogens with zero attached hydrogens (tertiary/aromatic N) is 2. The van der Waals surface area contributed by atoms with Gasteiger partial charge in [0.05, 0.1) is 22.4 Å². The lowest BCUT2D eigenvalue weighted by molar-refractivity contribution is 0.0108. The van der Waals surface area contributed by atoms with Gasteiger partial charge in [0.25, 0.3) is 5.56 Å². The summed E-state index contributed by atoms with van der Waals surface area (Å²) >= 11 is 1.59. The lowest BCUT2D eigenvalue weighted by atomic mass is 9.97. The Labute approximate surface area is 139 Å². The second-order valence-electron chi connectivity index (χ2n) is 5.77. The summed E-state index contributed by atoms with van der Waals surface area (Å²) < 4.78 is 1.42. The SMILES string of the molecule is CCC(O)(CC)Cn1nc(-c2cccs2)c2ccccc2c1=O. The van der Waals surface area contributed by atoms with Gasteiger partial charge in [-0.3, -0.25) is 4.79 Å². The summed E-state index contributed by atoms with van der Waals surface area (Å²) in [4.78, 5) is 13.8. The average Bonchev–Trinajstić information content (AvgIpc) is 3.11. The molecule has 0 bridgehead atoms. The van der Waals surface area contributed by atoms with Crippen molar-refractivity contribution >= 4 is 22.1 Å². The van der Waals surface area contributed by atoms with E-state index >= 15 is 0 Å². The Bertz CT molecular complexity index is 864. The van der Waals surface area contributed by atoms with Crippen LogP contribution in [0.5, 0.6) is 0 Å². The molecule has 0 aliphatic carbocycles. The van der Waals surface area contributed by atoms with E-state index in [-0.39, 0.29) is 12.1 Å². The third-order valence-electron chi connectivity index (χ3n) is 4.38. The maximum Gasteiger partial charge on any atom is 0.274 e. The molecule has 0 radical (unpaired) electrons. The normalized spacial score (nSPS) is 12.0. The molecule has 3 aromatic rings. The molecular formula is C18H20N2O2S. The second kappa shape index (κ2) is 6.26. The average molecular weight is 328 g/mol. The maximum atomic E-state index is 12.8. The molecule has 2 heterocycles. The van der Waals surface area contributed by atoms with Crippen LogP contribution in [0.1, 0.15) is 26.7 Å². The summed E-state index contributed by atoms with van der Waals surface area (Å²) in [6.07, 6.45) is 1.16. The molecular weight excluding hydrogens is 308 g/mol. The van der Waals surface area contributed by atoms with Gasteiger partial charge in [-0.1, -0.05) is 38.1 Å². The number of aromatic nitrogens is 2. The lowest BCUT2D eigenvalue weighted by Gasteiger charge is -2.25. The van der Waals surface area contributed by atoms with Crippen molar-refractivity contribution < 1.29 is 5.11 Å². The molecule has 0 spiro atoms. The smallest absolute Gasteiger partial charge is 0.274 e. The lowest BCUT2D eigenvalue weighted by Crippen LogP contribution is -2.38. The van der Waals surface area contributed by atoms with Crippen molar-refractivity contribution in [2.24, 2.45) is 0 Å². The van der Waals surface area contributed by atoms with Gasteiger partial charge in [-0.15, -0.1) is 11.3 Å². The molecule has 0 saturated heterocycles. The van der Waals surface area contributed by atoms with Gasteiger partial charge in [0, 0.05) is 5.39 Å². The van der Waals surface area contributed by atoms with E-state index in [9.17, 15) is 9.90 Å². The van der Waals surface area contributed by atoms with Crippen molar-refractivity contribution in [3.05, 3.63) is 52.1 Å². The van der Waals surface area contributed by atoms with E-state index in [1.807, 2.05) is 55.6 Å². The van der Waals surface area contributed by atoms with Crippen molar-refractivity contribution in [3.8, 4) is 10.6 Å². The summed E-state index contributed by atoms with van der Waals surface area (Å²) in [6.45, 7) is 4.06. The first-order valence-corrected chi connectivity index (χ1v) is 8.72. The minimum atomic E-state index is -0.911. The van der Waals surface area contributed by atoms with Gasteiger partial charge in [0.1, 0.15) is 5.69 Å². The summed E-state index contributed by atoms with van der Waals surface area (Å²) in [5.74, 6) is 0. The molecule has 1 aromatic carbocycles. The van der Waals surface area contributed by atoms with Crippen LogP contribution >= 0.6 is 11.3 Å². The molecule has 0 fully saturated rings. The van der Waals surface area contributed by atoms with Gasteiger partial charge in [0.2, 0.25) is 0 Å². The highest BCUT2D eigenvalue weighted by atomic mass is 32.1. The summed E-state index contributed by atoms with van der Waals surface area (Å²) in [6, 6.07) is 11.5. The highest BCUT2D eigenvalue weighted by Crippen LogP contribution is 2.28. The Morgan fingerprint density at radius 2 is 1.83 bits per heavy atom. The fourth-order valence-corrected chi connectivity index (χ4v) is 3.41. The first kappa shape index (κ1) is 15.9. The van der Waals surface area contributed by atoms with Gasteiger partial charge in [-0.25, -0.2) is 4.68 Å². The van der Waals surface area contributed by atoms with Crippen LogP contribution in [-0.2, 0) is 6.54 Å². The van der Waals surface area contributed by atoms with E-state index < -0.39 is 5.60 Å².